The molecule has 1 heterocycles. The fourth-order valence-electron chi connectivity index (χ4n) is 4.45. The van der Waals surface area contributed by atoms with Gasteiger partial charge in [-0.15, -0.1) is 12.4 Å². The van der Waals surface area contributed by atoms with E-state index in [1.54, 1.807) is 6.07 Å². The van der Waals surface area contributed by atoms with Crippen molar-refractivity contribution in [1.82, 2.24) is 10.6 Å². The maximum Gasteiger partial charge on any atom is 0.338 e. The van der Waals surface area contributed by atoms with Crippen LogP contribution in [0.1, 0.15) is 49.5 Å². The zero-order chi connectivity index (χ0) is 28.8. The number of amides is 1. The Morgan fingerprint density at radius 1 is 0.951 bits per heavy atom. The van der Waals surface area contributed by atoms with Crippen molar-refractivity contribution in [3.63, 3.8) is 0 Å². The molecule has 0 unspecified atom stereocenters. The number of carbonyl (C=O) groups is 3. The molecular weight excluding hydrogens is 559 g/mol. The number of ether oxygens (including phenoxy) is 3. The molecule has 4 rings (SSSR count). The molecule has 1 aliphatic heterocycles. The number of esters is 1. The first kappa shape index (κ1) is 31.2. The van der Waals surface area contributed by atoms with E-state index in [1.807, 2.05) is 0 Å². The molecule has 4 N–H and O–H groups in total. The van der Waals surface area contributed by atoms with E-state index in [4.69, 9.17) is 14.2 Å². The maximum absolute atomic E-state index is 14.6. The number of para-hydroxylation sites is 1. The van der Waals surface area contributed by atoms with E-state index in [9.17, 15) is 29.0 Å². The monoisotopic (exact) mass is 588 g/mol. The summed E-state index contributed by atoms with van der Waals surface area (Å²) in [5, 5.41) is 26.4. The molecule has 0 aromatic heterocycles. The topological polar surface area (TPSA) is 143 Å². The third-order valence-electron chi connectivity index (χ3n) is 6.61. The minimum atomic E-state index is -0.992. The van der Waals surface area contributed by atoms with Crippen LogP contribution in [-0.4, -0.2) is 67.3 Å². The van der Waals surface area contributed by atoms with Gasteiger partial charge in [-0.1, -0.05) is 18.2 Å². The molecule has 0 bridgehead atoms. The summed E-state index contributed by atoms with van der Waals surface area (Å²) in [5.41, 5.74) is -0.339. The van der Waals surface area contributed by atoms with E-state index in [2.05, 4.69) is 10.6 Å². The van der Waals surface area contributed by atoms with Crippen LogP contribution in [0.15, 0.2) is 54.6 Å². The predicted molar refractivity (Wildman–Crippen MR) is 149 cm³/mol. The zero-order valence-corrected chi connectivity index (χ0v) is 23.1. The van der Waals surface area contributed by atoms with E-state index < -0.39 is 46.9 Å². The molecule has 0 spiro atoms. The molecule has 1 amide bonds. The Morgan fingerprint density at radius 3 is 2.32 bits per heavy atom. The van der Waals surface area contributed by atoms with E-state index in [1.165, 1.54) is 56.7 Å². The lowest BCUT2D eigenvalue weighted by Gasteiger charge is -2.26. The van der Waals surface area contributed by atoms with Gasteiger partial charge in [0.15, 0.2) is 28.8 Å². The van der Waals surface area contributed by atoms with Gasteiger partial charge in [-0.2, -0.15) is 0 Å². The van der Waals surface area contributed by atoms with Gasteiger partial charge in [-0.25, -0.2) is 9.18 Å². The average Bonchev–Trinajstić information content (AvgIpc) is 3.17. The third kappa shape index (κ3) is 6.87. The number of carbonyl (C=O) groups excluding carboxylic acids is 3. The minimum absolute atomic E-state index is 0. The van der Waals surface area contributed by atoms with Crippen molar-refractivity contribution in [2.75, 3.05) is 27.3 Å². The van der Waals surface area contributed by atoms with Gasteiger partial charge in [0, 0.05) is 12.1 Å². The van der Waals surface area contributed by atoms with Crippen LogP contribution in [-0.2, 0) is 4.74 Å². The second-order valence-electron chi connectivity index (χ2n) is 9.11. The highest BCUT2D eigenvalue weighted by molar-refractivity contribution is 6.11. The van der Waals surface area contributed by atoms with Gasteiger partial charge in [0.1, 0.15) is 17.4 Å². The smallest absolute Gasteiger partial charge is 0.338 e. The normalized spacial score (nSPS) is 16.5. The zero-order valence-electron chi connectivity index (χ0n) is 22.3. The van der Waals surface area contributed by atoms with E-state index in [0.29, 0.717) is 25.9 Å². The quantitative estimate of drug-likeness (QED) is 0.229. The number of methoxy groups -OCH3 is 2. The number of phenolic OH excluding ortho intramolecular Hbond substituents is 2. The van der Waals surface area contributed by atoms with E-state index >= 15 is 0 Å². The van der Waals surface area contributed by atoms with Gasteiger partial charge in [0.25, 0.3) is 5.91 Å². The highest BCUT2D eigenvalue weighted by Gasteiger charge is 2.30. The molecule has 0 saturated carbocycles. The average molecular weight is 589 g/mol. The first-order chi connectivity index (χ1) is 19.2. The molecule has 3 aromatic rings. The fourth-order valence-corrected chi connectivity index (χ4v) is 4.45. The Balaban J connectivity index is 0.00000462. The molecule has 1 saturated heterocycles. The lowest BCUT2D eigenvalue weighted by atomic mass is 10.00. The summed E-state index contributed by atoms with van der Waals surface area (Å²) in [6.07, 6.45) is 0.486. The Labute approximate surface area is 241 Å². The van der Waals surface area contributed by atoms with Gasteiger partial charge >= 0.3 is 5.97 Å². The molecule has 12 heteroatoms. The largest absolute Gasteiger partial charge is 0.507 e. The number of hydrogen-bond donors (Lipinski definition) is 4. The summed E-state index contributed by atoms with van der Waals surface area (Å²) >= 11 is 0. The number of halogens is 2. The minimum Gasteiger partial charge on any atom is -0.507 e. The third-order valence-corrected chi connectivity index (χ3v) is 6.61. The van der Waals surface area contributed by atoms with Crippen LogP contribution in [0.2, 0.25) is 0 Å². The standard InChI is InChI=1S/C29H29FN2O8.ClH/c1-38-22-13-12-20(33)24(25(22)30)26(34)16-8-10-17(11-9-16)29(37)40-21-7-4-14-31-15-19(21)32-28(36)18-5-3-6-23(39-2)27(18)35;/h3,5-6,8-13,19,21,31,33,35H,4,7,14-15H2,1-2H3,(H,32,36);1H/t19-,21-;/m1./s1. The van der Waals surface area contributed by atoms with Gasteiger partial charge in [0.05, 0.1) is 31.4 Å². The van der Waals surface area contributed by atoms with Gasteiger partial charge in [0.2, 0.25) is 0 Å². The second-order valence-corrected chi connectivity index (χ2v) is 9.11. The molecule has 41 heavy (non-hydrogen) atoms. The van der Waals surface area contributed by atoms with Crippen molar-refractivity contribution >= 4 is 30.1 Å². The number of hydrogen-bond acceptors (Lipinski definition) is 9. The summed E-state index contributed by atoms with van der Waals surface area (Å²) in [5.74, 6) is -3.88. The number of nitrogens with one attached hydrogen (secondary N) is 2. The predicted octanol–water partition coefficient (Wildman–Crippen LogP) is 3.61. The second kappa shape index (κ2) is 13.8. The van der Waals surface area contributed by atoms with Crippen LogP contribution in [0.3, 0.4) is 0 Å². The number of phenols is 2. The van der Waals surface area contributed by atoms with E-state index in [0.717, 1.165) is 6.07 Å². The van der Waals surface area contributed by atoms with Crippen molar-refractivity contribution in [3.8, 4) is 23.0 Å². The number of rotatable bonds is 8. The molecule has 10 nitrogen and oxygen atoms in total. The van der Waals surface area contributed by atoms with Gasteiger partial charge in [-0.3, -0.25) is 9.59 Å². The van der Waals surface area contributed by atoms with Gasteiger partial charge in [-0.05, 0) is 55.8 Å². The highest BCUT2D eigenvalue weighted by Crippen LogP contribution is 2.31. The molecule has 218 valence electrons. The number of ketones is 1. The molecule has 2 atom stereocenters. The van der Waals surface area contributed by atoms with Crippen molar-refractivity contribution in [2.24, 2.45) is 0 Å². The molecule has 0 radical (unpaired) electrons. The molecule has 1 aliphatic rings. The fraction of sp³-hybridized carbons (Fsp3) is 0.276. The number of benzene rings is 3. The highest BCUT2D eigenvalue weighted by atomic mass is 35.5. The summed E-state index contributed by atoms with van der Waals surface area (Å²) in [6, 6.07) is 11.7. The Hall–Kier alpha value is -4.35. The van der Waals surface area contributed by atoms with Crippen molar-refractivity contribution < 1.29 is 43.2 Å². The summed E-state index contributed by atoms with van der Waals surface area (Å²) < 4.78 is 30.3. The van der Waals surface area contributed by atoms with Crippen LogP contribution in [0.4, 0.5) is 4.39 Å². The SMILES string of the molecule is COc1cccc(C(=O)N[C@@H]2CNCCC[C@H]2OC(=O)c2ccc(C(=O)c3c(O)ccc(OC)c3F)cc2)c1O.Cl. The summed E-state index contributed by atoms with van der Waals surface area (Å²) in [4.78, 5) is 38.8. The van der Waals surface area contributed by atoms with Crippen LogP contribution < -0.4 is 20.1 Å². The van der Waals surface area contributed by atoms with Crippen molar-refractivity contribution in [2.45, 2.75) is 25.0 Å². The molecule has 3 aromatic carbocycles. The lowest BCUT2D eigenvalue weighted by Crippen LogP contribution is -2.49. The summed E-state index contributed by atoms with van der Waals surface area (Å²) in [6.45, 7) is 0.993. The maximum atomic E-state index is 14.6. The Morgan fingerprint density at radius 2 is 1.63 bits per heavy atom. The van der Waals surface area contributed by atoms with Crippen LogP contribution in [0, 0.1) is 5.82 Å². The molecule has 1 fully saturated rings. The van der Waals surface area contributed by atoms with Crippen molar-refractivity contribution in [3.05, 3.63) is 82.7 Å². The van der Waals surface area contributed by atoms with Crippen LogP contribution in [0.5, 0.6) is 23.0 Å². The summed E-state index contributed by atoms with van der Waals surface area (Å²) in [7, 11) is 2.62. The molecule has 0 aliphatic carbocycles. The lowest BCUT2D eigenvalue weighted by molar-refractivity contribution is 0.0191. The van der Waals surface area contributed by atoms with Crippen LogP contribution >= 0.6 is 12.4 Å². The Bertz CT molecular complexity index is 1420. The first-order valence-corrected chi connectivity index (χ1v) is 12.5. The van der Waals surface area contributed by atoms with Crippen molar-refractivity contribution in [1.29, 1.82) is 0 Å². The van der Waals surface area contributed by atoms with Crippen LogP contribution in [0.25, 0.3) is 0 Å². The molecular formula is C29H30ClFN2O8. The Kier molecular flexibility index (Phi) is 10.5. The first-order valence-electron chi connectivity index (χ1n) is 12.5. The van der Waals surface area contributed by atoms with Gasteiger partial charge < -0.3 is 35.1 Å². The number of aromatic hydroxyl groups is 2. The van der Waals surface area contributed by atoms with E-state index in [-0.39, 0.29) is 46.3 Å².